The van der Waals surface area contributed by atoms with E-state index in [9.17, 15) is 4.79 Å². The Morgan fingerprint density at radius 3 is 2.70 bits per heavy atom. The van der Waals surface area contributed by atoms with Gasteiger partial charge in [-0.15, -0.1) is 0 Å². The number of fused-ring (bicyclic) bond motifs is 1. The molecule has 0 saturated carbocycles. The van der Waals surface area contributed by atoms with Crippen molar-refractivity contribution in [3.8, 4) is 0 Å². The van der Waals surface area contributed by atoms with Crippen molar-refractivity contribution in [1.82, 2.24) is 4.98 Å². The van der Waals surface area contributed by atoms with Gasteiger partial charge in [-0.1, -0.05) is 22.9 Å². The molecular formula is C17H23BrN2O3. The van der Waals surface area contributed by atoms with Crippen molar-refractivity contribution in [2.45, 2.75) is 58.7 Å². The second kappa shape index (κ2) is 7.01. The summed E-state index contributed by atoms with van der Waals surface area (Å²) in [6.45, 7) is 7.94. The van der Waals surface area contributed by atoms with Crippen molar-refractivity contribution in [3.63, 3.8) is 0 Å². The fourth-order valence-electron chi connectivity index (χ4n) is 2.45. The van der Waals surface area contributed by atoms with Gasteiger partial charge >= 0.3 is 0 Å². The highest BCUT2D eigenvalue weighted by molar-refractivity contribution is 9.10. The van der Waals surface area contributed by atoms with Crippen LogP contribution in [0.4, 0.5) is 0 Å². The van der Waals surface area contributed by atoms with Crippen LogP contribution in [0, 0.1) is 0 Å². The summed E-state index contributed by atoms with van der Waals surface area (Å²) in [6, 6.07) is 3.84. The standard InChI is InChI=1S/C17H23BrN2O3/c1-5-14-20-11-7-6-10(18)15(16(11)22-14)12(8-9-13(19)21)23-17(2,3)4/h6-7,12H,5,8-9H2,1-4H3,(H2,19,21). The lowest BCUT2D eigenvalue weighted by molar-refractivity contribution is -0.120. The van der Waals surface area contributed by atoms with Crippen molar-refractivity contribution in [1.29, 1.82) is 0 Å². The zero-order chi connectivity index (χ0) is 17.2. The fraction of sp³-hybridized carbons (Fsp3) is 0.529. The predicted molar refractivity (Wildman–Crippen MR) is 93.1 cm³/mol. The fourth-order valence-corrected chi connectivity index (χ4v) is 3.02. The van der Waals surface area contributed by atoms with Crippen LogP contribution in [0.1, 0.15) is 58.1 Å². The number of benzene rings is 1. The summed E-state index contributed by atoms with van der Waals surface area (Å²) in [5.74, 6) is 0.339. The molecule has 1 aromatic heterocycles. The van der Waals surface area contributed by atoms with Crippen molar-refractivity contribution < 1.29 is 13.9 Å². The Labute approximate surface area is 144 Å². The van der Waals surface area contributed by atoms with E-state index >= 15 is 0 Å². The molecule has 23 heavy (non-hydrogen) atoms. The highest BCUT2D eigenvalue weighted by atomic mass is 79.9. The monoisotopic (exact) mass is 382 g/mol. The molecule has 0 aliphatic rings. The Balaban J connectivity index is 2.51. The quantitative estimate of drug-likeness (QED) is 0.808. The first-order chi connectivity index (χ1) is 10.7. The molecule has 0 radical (unpaired) electrons. The van der Waals surface area contributed by atoms with Crippen molar-refractivity contribution >= 4 is 32.9 Å². The van der Waals surface area contributed by atoms with E-state index < -0.39 is 0 Å². The van der Waals surface area contributed by atoms with E-state index in [0.29, 0.717) is 17.9 Å². The first-order valence-electron chi connectivity index (χ1n) is 7.75. The number of ether oxygens (including phenoxy) is 1. The number of hydrogen-bond acceptors (Lipinski definition) is 4. The first kappa shape index (κ1) is 17.9. The molecule has 6 heteroatoms. The molecule has 0 aliphatic heterocycles. The number of aryl methyl sites for hydroxylation is 1. The Bertz CT molecular complexity index is 704. The third-order valence-corrected chi connectivity index (χ3v) is 4.05. The molecule has 1 atom stereocenters. The SMILES string of the molecule is CCc1nc2ccc(Br)c(C(CCC(N)=O)OC(C)(C)C)c2o1. The number of primary amides is 1. The van der Waals surface area contributed by atoms with Gasteiger partial charge < -0.3 is 14.9 Å². The predicted octanol–water partition coefficient (Wildman–Crippen LogP) is 4.27. The van der Waals surface area contributed by atoms with Gasteiger partial charge in [-0.25, -0.2) is 4.98 Å². The van der Waals surface area contributed by atoms with Gasteiger partial charge in [0, 0.05) is 22.9 Å². The number of oxazole rings is 1. The number of carbonyl (C=O) groups is 1. The molecule has 2 rings (SSSR count). The summed E-state index contributed by atoms with van der Waals surface area (Å²) in [4.78, 5) is 15.7. The van der Waals surface area contributed by atoms with Crippen LogP contribution in [0.2, 0.25) is 0 Å². The molecule has 1 aromatic carbocycles. The molecular weight excluding hydrogens is 360 g/mol. The minimum absolute atomic E-state index is 0.248. The first-order valence-corrected chi connectivity index (χ1v) is 8.54. The Morgan fingerprint density at radius 1 is 1.43 bits per heavy atom. The highest BCUT2D eigenvalue weighted by Gasteiger charge is 2.26. The second-order valence-electron chi connectivity index (χ2n) is 6.49. The van der Waals surface area contributed by atoms with E-state index in [1.807, 2.05) is 39.8 Å². The summed E-state index contributed by atoms with van der Waals surface area (Å²) < 4.78 is 13.0. The van der Waals surface area contributed by atoms with Crippen molar-refractivity contribution in [3.05, 3.63) is 28.1 Å². The lowest BCUT2D eigenvalue weighted by Gasteiger charge is -2.28. The van der Waals surface area contributed by atoms with Crippen molar-refractivity contribution in [2.24, 2.45) is 5.73 Å². The lowest BCUT2D eigenvalue weighted by Crippen LogP contribution is -2.24. The van der Waals surface area contributed by atoms with E-state index in [1.165, 1.54) is 0 Å². The summed E-state index contributed by atoms with van der Waals surface area (Å²) in [6.07, 6.45) is 1.15. The maximum absolute atomic E-state index is 11.2. The number of carbonyl (C=O) groups excluding carboxylic acids is 1. The lowest BCUT2D eigenvalue weighted by atomic mass is 10.0. The topological polar surface area (TPSA) is 78.3 Å². The summed E-state index contributed by atoms with van der Waals surface area (Å²) in [7, 11) is 0. The number of aromatic nitrogens is 1. The molecule has 5 nitrogen and oxygen atoms in total. The van der Waals surface area contributed by atoms with Gasteiger partial charge in [-0.2, -0.15) is 0 Å². The summed E-state index contributed by atoms with van der Waals surface area (Å²) >= 11 is 3.58. The molecule has 2 aromatic rings. The van der Waals surface area contributed by atoms with Crippen LogP contribution < -0.4 is 5.73 Å². The normalized spacial score (nSPS) is 13.4. The molecule has 1 heterocycles. The van der Waals surface area contributed by atoms with Crippen LogP contribution in [0.3, 0.4) is 0 Å². The number of halogens is 1. The van der Waals surface area contributed by atoms with Gasteiger partial charge in [0.25, 0.3) is 0 Å². The number of amides is 1. The smallest absolute Gasteiger partial charge is 0.217 e. The molecule has 1 unspecified atom stereocenters. The van der Waals surface area contributed by atoms with E-state index in [0.717, 1.165) is 22.0 Å². The van der Waals surface area contributed by atoms with Crippen molar-refractivity contribution in [2.75, 3.05) is 0 Å². The van der Waals surface area contributed by atoms with Crippen LogP contribution >= 0.6 is 15.9 Å². The van der Waals surface area contributed by atoms with Crippen LogP contribution in [0.25, 0.3) is 11.1 Å². The Hall–Kier alpha value is -1.40. The number of hydrogen-bond donors (Lipinski definition) is 1. The average molecular weight is 383 g/mol. The summed E-state index contributed by atoms with van der Waals surface area (Å²) in [5.41, 5.74) is 7.33. The van der Waals surface area contributed by atoms with E-state index in [1.54, 1.807) is 0 Å². The van der Waals surface area contributed by atoms with Gasteiger partial charge in [0.05, 0.1) is 11.7 Å². The minimum atomic E-state index is -0.364. The molecule has 0 aliphatic carbocycles. The van der Waals surface area contributed by atoms with Crippen LogP contribution in [0.5, 0.6) is 0 Å². The summed E-state index contributed by atoms with van der Waals surface area (Å²) in [5, 5.41) is 0. The van der Waals surface area contributed by atoms with Crippen LogP contribution in [-0.4, -0.2) is 16.5 Å². The maximum atomic E-state index is 11.2. The van der Waals surface area contributed by atoms with E-state index in [4.69, 9.17) is 14.9 Å². The van der Waals surface area contributed by atoms with Crippen LogP contribution in [-0.2, 0) is 16.0 Å². The molecule has 1 amide bonds. The second-order valence-corrected chi connectivity index (χ2v) is 7.35. The van der Waals surface area contributed by atoms with Gasteiger partial charge in [-0.3, -0.25) is 4.79 Å². The molecule has 0 bridgehead atoms. The van der Waals surface area contributed by atoms with E-state index in [-0.39, 0.29) is 24.0 Å². The molecule has 2 N–H and O–H groups in total. The Kier molecular flexibility index (Phi) is 5.47. The minimum Gasteiger partial charge on any atom is -0.440 e. The number of nitrogens with zero attached hydrogens (tertiary/aromatic N) is 1. The maximum Gasteiger partial charge on any atom is 0.217 e. The van der Waals surface area contributed by atoms with Crippen LogP contribution in [0.15, 0.2) is 21.0 Å². The highest BCUT2D eigenvalue weighted by Crippen LogP contribution is 2.38. The molecule has 0 spiro atoms. The zero-order valence-corrected chi connectivity index (χ0v) is 15.6. The molecule has 0 saturated heterocycles. The number of nitrogens with two attached hydrogens (primary N) is 1. The largest absolute Gasteiger partial charge is 0.440 e. The third kappa shape index (κ3) is 4.54. The van der Waals surface area contributed by atoms with Gasteiger partial charge in [-0.05, 0) is 39.3 Å². The molecule has 126 valence electrons. The Morgan fingerprint density at radius 2 is 2.13 bits per heavy atom. The number of rotatable bonds is 6. The molecule has 0 fully saturated rings. The van der Waals surface area contributed by atoms with Gasteiger partial charge in [0.1, 0.15) is 5.52 Å². The third-order valence-electron chi connectivity index (χ3n) is 3.36. The van der Waals surface area contributed by atoms with Gasteiger partial charge in [0.15, 0.2) is 11.5 Å². The van der Waals surface area contributed by atoms with E-state index in [2.05, 4.69) is 20.9 Å². The average Bonchev–Trinajstić information content (AvgIpc) is 2.85. The zero-order valence-electron chi connectivity index (χ0n) is 14.0. The van der Waals surface area contributed by atoms with Gasteiger partial charge in [0.2, 0.25) is 5.91 Å².